The summed E-state index contributed by atoms with van der Waals surface area (Å²) in [5.74, 6) is 0.752. The molecule has 2 nitrogen and oxygen atoms in total. The topological polar surface area (TPSA) is 29.3 Å². The molecule has 108 valence electrons. The molecule has 2 rings (SSSR count). The second-order valence-corrected chi connectivity index (χ2v) is 7.55. The Morgan fingerprint density at radius 1 is 1.53 bits per heavy atom. The van der Waals surface area contributed by atoms with Gasteiger partial charge in [-0.15, -0.1) is 11.3 Å². The first-order chi connectivity index (χ1) is 8.98. The second-order valence-electron chi connectivity index (χ2n) is 6.55. The SMILES string of the molecule is CC(C)CCC(C)(CN)N1CCc2sccc2C1C. The highest BCUT2D eigenvalue weighted by molar-refractivity contribution is 7.10. The van der Waals surface area contributed by atoms with Crippen molar-refractivity contribution in [3.8, 4) is 0 Å². The zero-order chi connectivity index (χ0) is 14.0. The molecule has 0 saturated carbocycles. The summed E-state index contributed by atoms with van der Waals surface area (Å²) in [4.78, 5) is 4.22. The van der Waals surface area contributed by atoms with Crippen molar-refractivity contribution >= 4 is 11.3 Å². The third-order valence-electron chi connectivity index (χ3n) is 4.67. The molecule has 1 aromatic heterocycles. The van der Waals surface area contributed by atoms with Crippen molar-refractivity contribution in [2.45, 2.75) is 58.5 Å². The minimum Gasteiger partial charge on any atom is -0.329 e. The number of nitrogens with two attached hydrogens (primary N) is 1. The van der Waals surface area contributed by atoms with Crippen LogP contribution < -0.4 is 5.73 Å². The fourth-order valence-electron chi connectivity index (χ4n) is 3.21. The van der Waals surface area contributed by atoms with E-state index >= 15 is 0 Å². The zero-order valence-electron chi connectivity index (χ0n) is 12.8. The Hall–Kier alpha value is -0.380. The van der Waals surface area contributed by atoms with Crippen LogP contribution in [0.5, 0.6) is 0 Å². The van der Waals surface area contributed by atoms with Gasteiger partial charge in [-0.25, -0.2) is 0 Å². The van der Waals surface area contributed by atoms with Gasteiger partial charge < -0.3 is 5.73 Å². The molecule has 1 aliphatic heterocycles. The minimum atomic E-state index is 0.142. The monoisotopic (exact) mass is 280 g/mol. The van der Waals surface area contributed by atoms with Crippen LogP contribution in [0.3, 0.4) is 0 Å². The van der Waals surface area contributed by atoms with Gasteiger partial charge in [-0.1, -0.05) is 13.8 Å². The second kappa shape index (κ2) is 5.94. The van der Waals surface area contributed by atoms with Crippen LogP contribution in [0, 0.1) is 5.92 Å². The van der Waals surface area contributed by atoms with Gasteiger partial charge in [0.25, 0.3) is 0 Å². The van der Waals surface area contributed by atoms with Crippen molar-refractivity contribution in [3.05, 3.63) is 21.9 Å². The van der Waals surface area contributed by atoms with E-state index < -0.39 is 0 Å². The van der Waals surface area contributed by atoms with E-state index in [1.54, 1.807) is 4.88 Å². The number of nitrogens with zero attached hydrogens (tertiary/aromatic N) is 1. The maximum absolute atomic E-state index is 6.14. The predicted molar refractivity (Wildman–Crippen MR) is 84.7 cm³/mol. The largest absolute Gasteiger partial charge is 0.329 e. The Bertz CT molecular complexity index is 413. The fourth-order valence-corrected chi connectivity index (χ4v) is 4.17. The van der Waals surface area contributed by atoms with E-state index in [2.05, 4.69) is 44.0 Å². The molecule has 1 aliphatic rings. The molecule has 3 heteroatoms. The van der Waals surface area contributed by atoms with Gasteiger partial charge in [0.1, 0.15) is 0 Å². The Morgan fingerprint density at radius 2 is 2.26 bits per heavy atom. The maximum atomic E-state index is 6.14. The number of hydrogen-bond acceptors (Lipinski definition) is 3. The van der Waals surface area contributed by atoms with Gasteiger partial charge >= 0.3 is 0 Å². The number of thiophene rings is 1. The smallest absolute Gasteiger partial charge is 0.0336 e. The quantitative estimate of drug-likeness (QED) is 0.888. The zero-order valence-corrected chi connectivity index (χ0v) is 13.6. The van der Waals surface area contributed by atoms with Crippen LogP contribution in [0.2, 0.25) is 0 Å². The molecule has 2 N–H and O–H groups in total. The molecule has 0 fully saturated rings. The summed E-state index contributed by atoms with van der Waals surface area (Å²) in [7, 11) is 0. The van der Waals surface area contributed by atoms with E-state index in [0.29, 0.717) is 6.04 Å². The summed E-state index contributed by atoms with van der Waals surface area (Å²) in [6.07, 6.45) is 3.65. The predicted octanol–water partition coefficient (Wildman–Crippen LogP) is 3.82. The van der Waals surface area contributed by atoms with Crippen molar-refractivity contribution in [1.29, 1.82) is 0 Å². The average molecular weight is 280 g/mol. The maximum Gasteiger partial charge on any atom is 0.0336 e. The molecule has 0 spiro atoms. The highest BCUT2D eigenvalue weighted by atomic mass is 32.1. The lowest BCUT2D eigenvalue weighted by Gasteiger charge is -2.47. The molecule has 0 aliphatic carbocycles. The third-order valence-corrected chi connectivity index (χ3v) is 5.67. The van der Waals surface area contributed by atoms with Gasteiger partial charge in [0, 0.05) is 29.5 Å². The normalized spacial score (nSPS) is 23.4. The highest BCUT2D eigenvalue weighted by Gasteiger charge is 2.37. The first-order valence-corrected chi connectivity index (χ1v) is 8.39. The minimum absolute atomic E-state index is 0.142. The Balaban J connectivity index is 2.15. The third kappa shape index (κ3) is 3.04. The van der Waals surface area contributed by atoms with Crippen LogP contribution in [-0.4, -0.2) is 23.5 Å². The van der Waals surface area contributed by atoms with Gasteiger partial charge in [0.05, 0.1) is 0 Å². The average Bonchev–Trinajstić information content (AvgIpc) is 2.85. The van der Waals surface area contributed by atoms with E-state index in [4.69, 9.17) is 5.73 Å². The van der Waals surface area contributed by atoms with Crippen LogP contribution in [0.1, 0.15) is 57.0 Å². The summed E-state index contributed by atoms with van der Waals surface area (Å²) < 4.78 is 0. The molecule has 0 saturated heterocycles. The standard InChI is InChI=1S/C16H28N2S/c1-12(2)5-8-16(4,11-17)18-9-6-15-14(13(18)3)7-10-19-15/h7,10,12-13H,5-6,8-9,11,17H2,1-4H3. The van der Waals surface area contributed by atoms with Crippen LogP contribution in [0.15, 0.2) is 11.4 Å². The molecule has 1 aromatic rings. The van der Waals surface area contributed by atoms with Crippen molar-refractivity contribution in [3.63, 3.8) is 0 Å². The lowest BCUT2D eigenvalue weighted by Crippen LogP contribution is -2.54. The molecule has 19 heavy (non-hydrogen) atoms. The van der Waals surface area contributed by atoms with E-state index in [1.807, 2.05) is 11.3 Å². The van der Waals surface area contributed by atoms with E-state index in [1.165, 1.54) is 24.8 Å². The van der Waals surface area contributed by atoms with Crippen molar-refractivity contribution in [1.82, 2.24) is 4.90 Å². The highest BCUT2D eigenvalue weighted by Crippen LogP contribution is 2.38. The van der Waals surface area contributed by atoms with Gasteiger partial charge in [-0.2, -0.15) is 0 Å². The van der Waals surface area contributed by atoms with Gasteiger partial charge in [-0.3, -0.25) is 4.90 Å². The fraction of sp³-hybridized carbons (Fsp3) is 0.750. The van der Waals surface area contributed by atoms with Gasteiger partial charge in [0.15, 0.2) is 0 Å². The first-order valence-electron chi connectivity index (χ1n) is 7.51. The Morgan fingerprint density at radius 3 is 2.89 bits per heavy atom. The number of hydrogen-bond donors (Lipinski definition) is 1. The van der Waals surface area contributed by atoms with Crippen molar-refractivity contribution in [2.24, 2.45) is 11.7 Å². The summed E-state index contributed by atoms with van der Waals surface area (Å²) in [5.41, 5.74) is 7.81. The molecule has 0 radical (unpaired) electrons. The molecule has 0 aromatic carbocycles. The molecule has 0 amide bonds. The first kappa shape index (κ1) is 15.0. The van der Waals surface area contributed by atoms with E-state index in [0.717, 1.165) is 19.0 Å². The van der Waals surface area contributed by atoms with Crippen molar-refractivity contribution in [2.75, 3.05) is 13.1 Å². The lowest BCUT2D eigenvalue weighted by molar-refractivity contribution is 0.0503. The lowest BCUT2D eigenvalue weighted by atomic mass is 9.86. The van der Waals surface area contributed by atoms with Gasteiger partial charge in [0.2, 0.25) is 0 Å². The summed E-state index contributed by atoms with van der Waals surface area (Å²) in [6, 6.07) is 2.81. The Kier molecular flexibility index (Phi) is 4.70. The van der Waals surface area contributed by atoms with Crippen LogP contribution in [-0.2, 0) is 6.42 Å². The summed E-state index contributed by atoms with van der Waals surface area (Å²) in [6.45, 7) is 11.2. The van der Waals surface area contributed by atoms with Crippen LogP contribution in [0.25, 0.3) is 0 Å². The molecule has 0 bridgehead atoms. The molecule has 2 atom stereocenters. The number of fused-ring (bicyclic) bond motifs is 1. The molecular weight excluding hydrogens is 252 g/mol. The van der Waals surface area contributed by atoms with Crippen LogP contribution in [0.4, 0.5) is 0 Å². The molecule has 2 heterocycles. The molecular formula is C16H28N2S. The van der Waals surface area contributed by atoms with E-state index in [-0.39, 0.29) is 5.54 Å². The molecule has 2 unspecified atom stereocenters. The summed E-state index contributed by atoms with van der Waals surface area (Å²) >= 11 is 1.91. The summed E-state index contributed by atoms with van der Waals surface area (Å²) in [5, 5.41) is 2.23. The van der Waals surface area contributed by atoms with Gasteiger partial charge in [-0.05, 0) is 56.0 Å². The number of rotatable bonds is 5. The van der Waals surface area contributed by atoms with Crippen LogP contribution >= 0.6 is 11.3 Å². The van der Waals surface area contributed by atoms with E-state index in [9.17, 15) is 0 Å². The Labute approximate surface area is 122 Å². The van der Waals surface area contributed by atoms with Crippen molar-refractivity contribution < 1.29 is 0 Å².